The number of nitrogens with zero attached hydrogens (tertiary/aromatic N) is 1. The Balaban J connectivity index is 2.26. The zero-order valence-electron chi connectivity index (χ0n) is 12.5. The van der Waals surface area contributed by atoms with Gasteiger partial charge in [0.15, 0.2) is 11.5 Å². The van der Waals surface area contributed by atoms with E-state index in [1.165, 1.54) is 0 Å². The van der Waals surface area contributed by atoms with E-state index < -0.39 is 0 Å². The van der Waals surface area contributed by atoms with Crippen molar-refractivity contribution >= 4 is 0 Å². The summed E-state index contributed by atoms with van der Waals surface area (Å²) in [5.41, 5.74) is 6.79. The zero-order valence-corrected chi connectivity index (χ0v) is 12.5. The minimum Gasteiger partial charge on any atom is -0.493 e. The van der Waals surface area contributed by atoms with Crippen LogP contribution in [-0.4, -0.2) is 19.2 Å². The number of benzene rings is 1. The highest BCUT2D eigenvalue weighted by Crippen LogP contribution is 2.39. The van der Waals surface area contributed by atoms with Gasteiger partial charge in [0.05, 0.1) is 26.1 Å². The lowest BCUT2D eigenvalue weighted by atomic mass is 10.1. The fourth-order valence-electron chi connectivity index (χ4n) is 1.92. The summed E-state index contributed by atoms with van der Waals surface area (Å²) in [7, 11) is 3.17. The molecular weight excluding hydrogens is 268 g/mol. The molecule has 0 saturated carbocycles. The first-order chi connectivity index (χ1) is 10.2. The molecule has 5 nitrogen and oxygen atoms in total. The van der Waals surface area contributed by atoms with Gasteiger partial charge < -0.3 is 19.9 Å². The molecule has 1 aromatic heterocycles. The summed E-state index contributed by atoms with van der Waals surface area (Å²) in [4.78, 5) is 4.32. The number of hydrogen-bond donors (Lipinski definition) is 1. The second kappa shape index (κ2) is 6.95. The number of para-hydroxylation sites is 1. The first kappa shape index (κ1) is 15.1. The second-order valence-electron chi connectivity index (χ2n) is 4.53. The van der Waals surface area contributed by atoms with Gasteiger partial charge in [-0.05, 0) is 30.7 Å². The maximum absolute atomic E-state index is 5.94. The van der Waals surface area contributed by atoms with Gasteiger partial charge in [-0.3, -0.25) is 4.98 Å². The Morgan fingerprint density at radius 3 is 2.24 bits per heavy atom. The number of nitrogens with two attached hydrogens (primary N) is 1. The molecule has 1 heterocycles. The molecule has 1 atom stereocenters. The normalized spacial score (nSPS) is 11.8. The lowest BCUT2D eigenvalue weighted by molar-refractivity contribution is 0.346. The van der Waals surface area contributed by atoms with Crippen molar-refractivity contribution in [2.75, 3.05) is 14.2 Å². The monoisotopic (exact) mass is 288 g/mol. The van der Waals surface area contributed by atoms with E-state index in [0.29, 0.717) is 23.0 Å². The number of methoxy groups -OCH3 is 2. The molecule has 0 aliphatic rings. The Morgan fingerprint density at radius 2 is 1.76 bits per heavy atom. The molecule has 2 aromatic rings. The first-order valence-electron chi connectivity index (χ1n) is 6.80. The van der Waals surface area contributed by atoms with Crippen molar-refractivity contribution in [2.45, 2.75) is 19.4 Å². The van der Waals surface area contributed by atoms with Gasteiger partial charge in [0, 0.05) is 6.04 Å². The van der Waals surface area contributed by atoms with Crippen molar-refractivity contribution in [3.8, 4) is 23.0 Å². The van der Waals surface area contributed by atoms with Gasteiger partial charge in [0.1, 0.15) is 5.75 Å². The average molecular weight is 288 g/mol. The van der Waals surface area contributed by atoms with E-state index >= 15 is 0 Å². The Bertz CT molecular complexity index is 562. The summed E-state index contributed by atoms with van der Waals surface area (Å²) in [6.07, 6.45) is 2.49. The molecular formula is C16H20N2O3. The third-order valence-electron chi connectivity index (χ3n) is 3.18. The Kier molecular flexibility index (Phi) is 5.00. The fourth-order valence-corrected chi connectivity index (χ4v) is 1.92. The molecule has 0 bridgehead atoms. The lowest BCUT2D eigenvalue weighted by Crippen LogP contribution is -2.10. The highest BCUT2D eigenvalue weighted by atomic mass is 16.5. The number of aromatic nitrogens is 1. The fraction of sp³-hybridized carbons (Fsp3) is 0.312. The van der Waals surface area contributed by atoms with Crippen LogP contribution in [0.5, 0.6) is 23.0 Å². The Hall–Kier alpha value is -2.27. The third kappa shape index (κ3) is 3.44. The van der Waals surface area contributed by atoms with E-state index in [1.54, 1.807) is 20.4 Å². The van der Waals surface area contributed by atoms with Gasteiger partial charge in [-0.2, -0.15) is 0 Å². The molecule has 0 amide bonds. The van der Waals surface area contributed by atoms with Crippen LogP contribution >= 0.6 is 0 Å². The highest BCUT2D eigenvalue weighted by molar-refractivity contribution is 5.52. The summed E-state index contributed by atoms with van der Waals surface area (Å²) in [6.45, 7) is 2.02. The molecule has 0 fully saturated rings. The van der Waals surface area contributed by atoms with E-state index in [1.807, 2.05) is 37.3 Å². The van der Waals surface area contributed by atoms with Crippen molar-refractivity contribution < 1.29 is 14.2 Å². The molecule has 0 spiro atoms. The molecule has 112 valence electrons. The van der Waals surface area contributed by atoms with Crippen LogP contribution in [0.3, 0.4) is 0 Å². The molecule has 0 unspecified atom stereocenters. The van der Waals surface area contributed by atoms with Gasteiger partial charge in [-0.1, -0.05) is 13.0 Å². The van der Waals surface area contributed by atoms with Crippen molar-refractivity contribution in [2.24, 2.45) is 5.73 Å². The molecule has 0 aliphatic carbocycles. The SMILES string of the molecule is CC[C@@H](N)c1ccc(Oc2c(OC)cccc2OC)cn1. The largest absolute Gasteiger partial charge is 0.493 e. The molecule has 0 saturated heterocycles. The second-order valence-corrected chi connectivity index (χ2v) is 4.53. The number of rotatable bonds is 6. The molecule has 21 heavy (non-hydrogen) atoms. The van der Waals surface area contributed by atoms with Gasteiger partial charge in [-0.25, -0.2) is 0 Å². The van der Waals surface area contributed by atoms with E-state index in [4.69, 9.17) is 19.9 Å². The van der Waals surface area contributed by atoms with E-state index in [9.17, 15) is 0 Å². The minimum absolute atomic E-state index is 0.0557. The van der Waals surface area contributed by atoms with E-state index in [2.05, 4.69) is 4.98 Å². The maximum atomic E-state index is 5.94. The molecule has 2 N–H and O–H groups in total. The van der Waals surface area contributed by atoms with Gasteiger partial charge in [0.2, 0.25) is 5.75 Å². The van der Waals surface area contributed by atoms with Gasteiger partial charge >= 0.3 is 0 Å². The van der Waals surface area contributed by atoms with Crippen LogP contribution in [-0.2, 0) is 0 Å². The zero-order chi connectivity index (χ0) is 15.2. The molecule has 2 rings (SSSR count). The van der Waals surface area contributed by atoms with Gasteiger partial charge in [-0.15, -0.1) is 0 Å². The summed E-state index contributed by atoms with van der Waals surface area (Å²) in [5, 5.41) is 0. The summed E-state index contributed by atoms with van der Waals surface area (Å²) in [6, 6.07) is 9.11. The van der Waals surface area contributed by atoms with E-state index in [-0.39, 0.29) is 6.04 Å². The van der Waals surface area contributed by atoms with Crippen LogP contribution in [0.2, 0.25) is 0 Å². The highest BCUT2D eigenvalue weighted by Gasteiger charge is 2.13. The number of pyridine rings is 1. The molecule has 5 heteroatoms. The van der Waals surface area contributed by atoms with Crippen molar-refractivity contribution in [3.05, 3.63) is 42.2 Å². The average Bonchev–Trinajstić information content (AvgIpc) is 2.55. The van der Waals surface area contributed by atoms with E-state index in [0.717, 1.165) is 12.1 Å². The maximum Gasteiger partial charge on any atom is 0.211 e. The minimum atomic E-state index is -0.0557. The van der Waals surface area contributed by atoms with Gasteiger partial charge in [0.25, 0.3) is 0 Å². The summed E-state index contributed by atoms with van der Waals surface area (Å²) >= 11 is 0. The smallest absolute Gasteiger partial charge is 0.211 e. The number of hydrogen-bond acceptors (Lipinski definition) is 5. The predicted octanol–water partition coefficient (Wildman–Crippen LogP) is 3.30. The topological polar surface area (TPSA) is 66.6 Å². The lowest BCUT2D eigenvalue weighted by Gasteiger charge is -2.14. The van der Waals surface area contributed by atoms with Crippen molar-refractivity contribution in [3.63, 3.8) is 0 Å². The first-order valence-corrected chi connectivity index (χ1v) is 6.80. The quantitative estimate of drug-likeness (QED) is 0.883. The van der Waals surface area contributed by atoms with Crippen LogP contribution in [0.15, 0.2) is 36.5 Å². The van der Waals surface area contributed by atoms with Crippen molar-refractivity contribution in [1.82, 2.24) is 4.98 Å². The van der Waals surface area contributed by atoms with Crippen LogP contribution in [0, 0.1) is 0 Å². The predicted molar refractivity (Wildman–Crippen MR) is 81.1 cm³/mol. The third-order valence-corrected chi connectivity index (χ3v) is 3.18. The Morgan fingerprint density at radius 1 is 1.10 bits per heavy atom. The molecule has 0 aliphatic heterocycles. The number of ether oxygens (including phenoxy) is 3. The Labute approximate surface area is 124 Å². The summed E-state index contributed by atoms with van der Waals surface area (Å²) in [5.74, 6) is 2.33. The molecule has 1 aromatic carbocycles. The van der Waals surface area contributed by atoms with Crippen LogP contribution in [0.25, 0.3) is 0 Å². The van der Waals surface area contributed by atoms with Crippen LogP contribution in [0.1, 0.15) is 25.1 Å². The summed E-state index contributed by atoms with van der Waals surface area (Å²) < 4.78 is 16.4. The molecule has 0 radical (unpaired) electrons. The van der Waals surface area contributed by atoms with Crippen LogP contribution in [0.4, 0.5) is 0 Å². The van der Waals surface area contributed by atoms with Crippen LogP contribution < -0.4 is 19.9 Å². The standard InChI is InChI=1S/C16H20N2O3/c1-4-12(17)13-9-8-11(10-18-13)21-16-14(19-2)6-5-7-15(16)20-3/h5-10,12H,4,17H2,1-3H3/t12-/m1/s1. The van der Waals surface area contributed by atoms with Crippen molar-refractivity contribution in [1.29, 1.82) is 0 Å².